The Kier molecular flexibility index (Phi) is 6.03. The summed E-state index contributed by atoms with van der Waals surface area (Å²) < 4.78 is 3.33. The number of hydrogen-bond acceptors (Lipinski definition) is 3. The number of nitrogens with one attached hydrogen (secondary N) is 1. The number of para-hydroxylation sites is 1. The fraction of sp³-hybridized carbons (Fsp3) is 0.304. The van der Waals surface area contributed by atoms with Gasteiger partial charge in [0, 0.05) is 11.9 Å². The van der Waals surface area contributed by atoms with E-state index in [4.69, 9.17) is 0 Å². The summed E-state index contributed by atoms with van der Waals surface area (Å²) in [5.41, 5.74) is 5.10. The zero-order valence-electron chi connectivity index (χ0n) is 17.7. The van der Waals surface area contributed by atoms with Gasteiger partial charge in [-0.2, -0.15) is 0 Å². The van der Waals surface area contributed by atoms with Crippen molar-refractivity contribution in [1.82, 2.24) is 9.36 Å². The lowest BCUT2D eigenvalue weighted by Gasteiger charge is -2.15. The van der Waals surface area contributed by atoms with Crippen LogP contribution in [0.5, 0.6) is 0 Å². The first-order chi connectivity index (χ1) is 13.7. The Morgan fingerprint density at radius 1 is 1.03 bits per heavy atom. The van der Waals surface area contributed by atoms with Crippen LogP contribution in [0.15, 0.2) is 52.2 Å². The molecule has 1 N–H and O–H groups in total. The molecule has 3 aromatic rings. The number of amides is 1. The lowest BCUT2D eigenvalue weighted by molar-refractivity contribution is -0.115. The lowest BCUT2D eigenvalue weighted by Crippen LogP contribution is -2.27. The second kappa shape index (κ2) is 8.33. The van der Waals surface area contributed by atoms with Gasteiger partial charge in [-0.1, -0.05) is 35.9 Å². The minimum atomic E-state index is -0.334. The van der Waals surface area contributed by atoms with Crippen molar-refractivity contribution in [3.8, 4) is 5.69 Å². The van der Waals surface area contributed by atoms with Gasteiger partial charge in [0.1, 0.15) is 5.69 Å². The summed E-state index contributed by atoms with van der Waals surface area (Å²) in [5, 5.41) is 2.53. The second-order valence-corrected chi connectivity index (χ2v) is 8.76. The predicted octanol–water partition coefficient (Wildman–Crippen LogP) is 4.53. The van der Waals surface area contributed by atoms with Crippen LogP contribution in [0.2, 0.25) is 0 Å². The number of rotatable bonds is 5. The predicted molar refractivity (Wildman–Crippen MR) is 120 cm³/mol. The van der Waals surface area contributed by atoms with E-state index >= 15 is 0 Å². The third-order valence-corrected chi connectivity index (χ3v) is 6.52. The molecule has 0 spiro atoms. The van der Waals surface area contributed by atoms with Crippen LogP contribution in [0.3, 0.4) is 0 Å². The fourth-order valence-corrected chi connectivity index (χ4v) is 4.53. The molecule has 0 unspecified atom stereocenters. The van der Waals surface area contributed by atoms with E-state index in [9.17, 15) is 9.59 Å². The molecule has 0 aliphatic heterocycles. The number of aryl methyl sites for hydroxylation is 3. The molecule has 0 saturated heterocycles. The van der Waals surface area contributed by atoms with Gasteiger partial charge in [-0.15, -0.1) is 11.8 Å². The van der Waals surface area contributed by atoms with E-state index in [0.29, 0.717) is 11.4 Å². The van der Waals surface area contributed by atoms with Crippen LogP contribution in [-0.2, 0) is 11.8 Å². The van der Waals surface area contributed by atoms with E-state index in [1.807, 2.05) is 51.2 Å². The van der Waals surface area contributed by atoms with Gasteiger partial charge < -0.3 is 5.32 Å². The number of nitrogens with zero attached hydrogens (tertiary/aromatic N) is 2. The normalized spacial score (nSPS) is 12.1. The number of aromatic nitrogens is 2. The zero-order chi connectivity index (χ0) is 21.3. The molecule has 1 aromatic heterocycles. The van der Waals surface area contributed by atoms with Crippen molar-refractivity contribution >= 4 is 23.4 Å². The number of hydrogen-bond donors (Lipinski definition) is 1. The van der Waals surface area contributed by atoms with Crippen LogP contribution >= 0.6 is 11.8 Å². The molecule has 152 valence electrons. The van der Waals surface area contributed by atoms with Crippen molar-refractivity contribution in [2.75, 3.05) is 5.32 Å². The Morgan fingerprint density at radius 3 is 2.21 bits per heavy atom. The van der Waals surface area contributed by atoms with Crippen molar-refractivity contribution in [3.05, 3.63) is 75.2 Å². The summed E-state index contributed by atoms with van der Waals surface area (Å²) in [6.45, 7) is 9.90. The highest BCUT2D eigenvalue weighted by molar-refractivity contribution is 8.00. The maximum Gasteiger partial charge on any atom is 0.295 e. The summed E-state index contributed by atoms with van der Waals surface area (Å²) in [6, 6.07) is 13.7. The molecule has 29 heavy (non-hydrogen) atoms. The molecule has 1 heterocycles. The van der Waals surface area contributed by atoms with Crippen molar-refractivity contribution in [3.63, 3.8) is 0 Å². The van der Waals surface area contributed by atoms with Gasteiger partial charge in [0.05, 0.1) is 16.6 Å². The van der Waals surface area contributed by atoms with E-state index in [2.05, 4.69) is 38.2 Å². The van der Waals surface area contributed by atoms with Crippen molar-refractivity contribution < 1.29 is 4.79 Å². The molecule has 0 fully saturated rings. The summed E-state index contributed by atoms with van der Waals surface area (Å²) in [7, 11) is 1.82. The average Bonchev–Trinajstić information content (AvgIpc) is 2.88. The van der Waals surface area contributed by atoms with Crippen LogP contribution in [0.4, 0.5) is 5.69 Å². The maximum atomic E-state index is 13.0. The molecule has 3 rings (SSSR count). The summed E-state index contributed by atoms with van der Waals surface area (Å²) in [6.07, 6.45) is 0. The van der Waals surface area contributed by atoms with Crippen LogP contribution in [0.25, 0.3) is 5.69 Å². The third kappa shape index (κ3) is 4.17. The molecule has 1 amide bonds. The Morgan fingerprint density at radius 2 is 1.62 bits per heavy atom. The van der Waals surface area contributed by atoms with E-state index in [1.165, 1.54) is 17.3 Å². The number of carbonyl (C=O) groups excluding carboxylic acids is 1. The number of benzene rings is 2. The fourth-order valence-electron chi connectivity index (χ4n) is 3.52. The molecule has 0 bridgehead atoms. The second-order valence-electron chi connectivity index (χ2n) is 7.41. The minimum Gasteiger partial charge on any atom is -0.319 e. The average molecular weight is 410 g/mol. The monoisotopic (exact) mass is 409 g/mol. The van der Waals surface area contributed by atoms with Crippen molar-refractivity contribution in [1.29, 1.82) is 0 Å². The number of carbonyl (C=O) groups is 1. The minimum absolute atomic E-state index is 0.180. The molecular formula is C23H27N3O2S. The van der Waals surface area contributed by atoms with Crippen LogP contribution in [0, 0.1) is 27.7 Å². The first kappa shape index (κ1) is 21.0. The maximum absolute atomic E-state index is 13.0. The molecule has 0 aliphatic rings. The van der Waals surface area contributed by atoms with Crippen LogP contribution < -0.4 is 10.9 Å². The van der Waals surface area contributed by atoms with Gasteiger partial charge in [0.2, 0.25) is 5.91 Å². The van der Waals surface area contributed by atoms with Crippen LogP contribution in [-0.4, -0.2) is 20.5 Å². The van der Waals surface area contributed by atoms with Crippen molar-refractivity contribution in [2.45, 2.75) is 44.8 Å². The molecule has 2 aromatic carbocycles. The van der Waals surface area contributed by atoms with Crippen LogP contribution in [0.1, 0.15) is 29.3 Å². The smallest absolute Gasteiger partial charge is 0.295 e. The standard InChI is InChI=1S/C23H27N3O2S/c1-14-12-15(2)21(16(3)13-14)29-18(5)22(27)24-20-17(4)25(6)26(23(20)28)19-10-8-7-9-11-19/h7-13,18H,1-6H3,(H,24,27)/t18-/m0/s1. The molecular weight excluding hydrogens is 382 g/mol. The Hall–Kier alpha value is -2.73. The Bertz CT molecular complexity index is 1090. The highest BCUT2D eigenvalue weighted by atomic mass is 32.2. The van der Waals surface area contributed by atoms with Gasteiger partial charge in [0.15, 0.2) is 0 Å². The molecule has 5 nitrogen and oxygen atoms in total. The van der Waals surface area contributed by atoms with E-state index in [-0.39, 0.29) is 16.7 Å². The first-order valence-corrected chi connectivity index (χ1v) is 10.5. The van der Waals surface area contributed by atoms with Gasteiger partial charge >= 0.3 is 0 Å². The van der Waals surface area contributed by atoms with E-state index in [0.717, 1.165) is 21.7 Å². The van der Waals surface area contributed by atoms with Gasteiger partial charge in [-0.05, 0) is 57.9 Å². The van der Waals surface area contributed by atoms with Crippen molar-refractivity contribution in [2.24, 2.45) is 7.05 Å². The Balaban J connectivity index is 1.85. The Labute approximate surface area is 175 Å². The SMILES string of the molecule is Cc1cc(C)c(S[C@@H](C)C(=O)Nc2c(C)n(C)n(-c3ccccc3)c2=O)c(C)c1. The largest absolute Gasteiger partial charge is 0.319 e. The molecule has 0 saturated carbocycles. The highest BCUT2D eigenvalue weighted by Gasteiger charge is 2.22. The number of thioether (sulfide) groups is 1. The third-order valence-electron chi connectivity index (χ3n) is 5.07. The highest BCUT2D eigenvalue weighted by Crippen LogP contribution is 2.31. The molecule has 1 atom stereocenters. The topological polar surface area (TPSA) is 56.0 Å². The van der Waals surface area contributed by atoms with Gasteiger partial charge in [0.25, 0.3) is 5.56 Å². The van der Waals surface area contributed by atoms with E-state index < -0.39 is 0 Å². The lowest BCUT2D eigenvalue weighted by atomic mass is 10.1. The zero-order valence-corrected chi connectivity index (χ0v) is 18.6. The van der Waals surface area contributed by atoms with Gasteiger partial charge in [-0.3, -0.25) is 14.3 Å². The first-order valence-electron chi connectivity index (χ1n) is 9.60. The van der Waals surface area contributed by atoms with E-state index in [1.54, 1.807) is 9.36 Å². The summed E-state index contributed by atoms with van der Waals surface area (Å²) in [4.78, 5) is 27.0. The summed E-state index contributed by atoms with van der Waals surface area (Å²) >= 11 is 1.52. The molecule has 6 heteroatoms. The summed E-state index contributed by atoms with van der Waals surface area (Å²) in [5.74, 6) is -0.180. The quantitative estimate of drug-likeness (QED) is 0.630. The molecule has 0 aliphatic carbocycles. The molecule has 0 radical (unpaired) electrons. The number of anilines is 1. The van der Waals surface area contributed by atoms with Gasteiger partial charge in [-0.25, -0.2) is 4.68 Å².